The number of hydrogen-bond acceptors (Lipinski definition) is 6. The molecule has 0 fully saturated rings. The average Bonchev–Trinajstić information content (AvgIpc) is 3.05. The number of hydrogen-bond donors (Lipinski definition) is 2. The fraction of sp³-hybridized carbons (Fsp3) is 0.522. The van der Waals surface area contributed by atoms with Gasteiger partial charge in [-0.2, -0.15) is 26.3 Å². The van der Waals surface area contributed by atoms with Crippen molar-refractivity contribution in [2.24, 2.45) is 0 Å². The van der Waals surface area contributed by atoms with Gasteiger partial charge in [-0.1, -0.05) is 6.07 Å². The van der Waals surface area contributed by atoms with Crippen LogP contribution in [0.3, 0.4) is 0 Å². The van der Waals surface area contributed by atoms with Crippen LogP contribution in [0.1, 0.15) is 47.8 Å². The van der Waals surface area contributed by atoms with Gasteiger partial charge in [0.2, 0.25) is 0 Å². The number of carbonyl (C=O) groups excluding carboxylic acids is 1. The second-order valence-electron chi connectivity index (χ2n) is 8.69. The molecule has 0 unspecified atom stereocenters. The molecule has 1 aliphatic heterocycles. The normalized spacial score (nSPS) is 13.5. The van der Waals surface area contributed by atoms with Crippen LogP contribution in [0.15, 0.2) is 24.5 Å². The Labute approximate surface area is 219 Å². The molecule has 0 bridgehead atoms. The summed E-state index contributed by atoms with van der Waals surface area (Å²) in [5.74, 6) is -5.51. The molecule has 1 aliphatic rings. The van der Waals surface area contributed by atoms with Crippen molar-refractivity contribution in [3.63, 3.8) is 0 Å². The number of aryl methyl sites for hydroxylation is 2. The molecule has 0 atom stereocenters. The molecule has 0 spiro atoms. The van der Waals surface area contributed by atoms with Crippen LogP contribution in [0.5, 0.6) is 0 Å². The maximum absolute atomic E-state index is 12.9. The van der Waals surface area contributed by atoms with Gasteiger partial charge in [0.1, 0.15) is 5.69 Å². The van der Waals surface area contributed by atoms with E-state index in [2.05, 4.69) is 40.3 Å². The van der Waals surface area contributed by atoms with Crippen LogP contribution in [-0.4, -0.2) is 84.4 Å². The van der Waals surface area contributed by atoms with Crippen molar-refractivity contribution in [1.29, 1.82) is 0 Å². The molecule has 10 nitrogen and oxygen atoms in total. The minimum atomic E-state index is -5.08. The summed E-state index contributed by atoms with van der Waals surface area (Å²) in [5.41, 5.74) is 3.60. The Kier molecular flexibility index (Phi) is 11.9. The van der Waals surface area contributed by atoms with E-state index in [4.69, 9.17) is 19.8 Å². The van der Waals surface area contributed by atoms with E-state index in [1.165, 1.54) is 0 Å². The third kappa shape index (κ3) is 10.9. The lowest BCUT2D eigenvalue weighted by molar-refractivity contribution is -0.193. The minimum absolute atomic E-state index is 0.00140. The van der Waals surface area contributed by atoms with Gasteiger partial charge < -0.3 is 19.7 Å². The Morgan fingerprint density at radius 2 is 1.56 bits per heavy atom. The smallest absolute Gasteiger partial charge is 0.475 e. The fourth-order valence-electron chi connectivity index (χ4n) is 3.06. The SMILES string of the molecule is Cc1cccc(C(=O)N2CCCn3cnc(CN(C)C(C)C)c3C2)n1.O=C(O)C(F)(F)F.O=C(O)C(F)(F)F. The van der Waals surface area contributed by atoms with Crippen LogP contribution >= 0.6 is 0 Å². The van der Waals surface area contributed by atoms with Gasteiger partial charge in [0.15, 0.2) is 0 Å². The number of carbonyl (C=O) groups is 3. The summed E-state index contributed by atoms with van der Waals surface area (Å²) in [5, 5.41) is 14.2. The molecular formula is C23H29F6N5O5. The molecule has 0 saturated carbocycles. The maximum atomic E-state index is 12.9. The number of amides is 1. The zero-order chi connectivity index (χ0) is 30.1. The average molecular weight is 570 g/mol. The van der Waals surface area contributed by atoms with Gasteiger partial charge in [-0.25, -0.2) is 19.6 Å². The first-order chi connectivity index (χ1) is 17.8. The number of aromatic nitrogens is 3. The number of imidazole rings is 1. The van der Waals surface area contributed by atoms with E-state index in [-0.39, 0.29) is 5.91 Å². The van der Waals surface area contributed by atoms with Crippen LogP contribution in [0.2, 0.25) is 0 Å². The van der Waals surface area contributed by atoms with Gasteiger partial charge in [0.25, 0.3) is 5.91 Å². The van der Waals surface area contributed by atoms with Crippen molar-refractivity contribution in [1.82, 2.24) is 24.3 Å². The second-order valence-corrected chi connectivity index (χ2v) is 8.69. The Hall–Kier alpha value is -3.69. The molecule has 2 aromatic rings. The van der Waals surface area contributed by atoms with E-state index in [1.807, 2.05) is 30.3 Å². The van der Waals surface area contributed by atoms with Crippen molar-refractivity contribution < 1.29 is 50.9 Å². The van der Waals surface area contributed by atoms with Gasteiger partial charge in [-0.05, 0) is 46.4 Å². The van der Waals surface area contributed by atoms with Crippen molar-refractivity contribution in [3.8, 4) is 0 Å². The van der Waals surface area contributed by atoms with Gasteiger partial charge in [0.05, 0.1) is 24.3 Å². The second kappa shape index (κ2) is 13.9. The highest BCUT2D eigenvalue weighted by atomic mass is 19.4. The Balaban J connectivity index is 0.000000449. The molecule has 0 radical (unpaired) electrons. The number of alkyl halides is 6. The lowest BCUT2D eigenvalue weighted by Crippen LogP contribution is -2.32. The first-order valence-corrected chi connectivity index (χ1v) is 11.4. The lowest BCUT2D eigenvalue weighted by Gasteiger charge is -2.23. The van der Waals surface area contributed by atoms with E-state index in [0.717, 1.165) is 43.1 Å². The number of aliphatic carboxylic acids is 2. The van der Waals surface area contributed by atoms with Crippen LogP contribution in [0, 0.1) is 6.92 Å². The van der Waals surface area contributed by atoms with Crippen molar-refractivity contribution in [3.05, 3.63) is 47.3 Å². The van der Waals surface area contributed by atoms with E-state index in [9.17, 15) is 31.1 Å². The molecule has 1 amide bonds. The summed E-state index contributed by atoms with van der Waals surface area (Å²) in [6.07, 6.45) is -7.32. The third-order valence-electron chi connectivity index (χ3n) is 5.36. The number of rotatable bonds is 4. The van der Waals surface area contributed by atoms with Gasteiger partial charge in [-0.15, -0.1) is 0 Å². The molecule has 2 aromatic heterocycles. The Bertz CT molecular complexity index is 1110. The van der Waals surface area contributed by atoms with E-state index in [1.54, 1.807) is 6.07 Å². The number of carboxylic acids is 2. The maximum Gasteiger partial charge on any atom is 0.490 e. The lowest BCUT2D eigenvalue weighted by atomic mass is 10.2. The summed E-state index contributed by atoms with van der Waals surface area (Å²) >= 11 is 0. The number of nitrogens with zero attached hydrogens (tertiary/aromatic N) is 5. The summed E-state index contributed by atoms with van der Waals surface area (Å²) in [4.78, 5) is 43.9. The molecule has 16 heteroatoms. The third-order valence-corrected chi connectivity index (χ3v) is 5.36. The monoisotopic (exact) mass is 569 g/mol. The van der Waals surface area contributed by atoms with Crippen LogP contribution in [-0.2, 0) is 29.2 Å². The molecule has 3 rings (SSSR count). The van der Waals surface area contributed by atoms with Crippen molar-refractivity contribution >= 4 is 17.8 Å². The Morgan fingerprint density at radius 3 is 2.03 bits per heavy atom. The van der Waals surface area contributed by atoms with Crippen molar-refractivity contribution in [2.45, 2.75) is 65.2 Å². The van der Waals surface area contributed by atoms with Gasteiger partial charge >= 0.3 is 24.3 Å². The number of fused-ring (bicyclic) bond motifs is 1. The molecule has 0 aromatic carbocycles. The van der Waals surface area contributed by atoms with Gasteiger partial charge in [-0.3, -0.25) is 9.69 Å². The number of pyridine rings is 1. The summed E-state index contributed by atoms with van der Waals surface area (Å²) < 4.78 is 65.7. The quantitative estimate of drug-likeness (QED) is 0.533. The number of carboxylic acid groups (broad SMARTS) is 2. The highest BCUT2D eigenvalue weighted by Crippen LogP contribution is 2.20. The summed E-state index contributed by atoms with van der Waals surface area (Å²) in [6.45, 7) is 9.30. The van der Waals surface area contributed by atoms with Crippen molar-refractivity contribution in [2.75, 3.05) is 13.6 Å². The molecule has 0 aliphatic carbocycles. The van der Waals surface area contributed by atoms with Crippen LogP contribution in [0.25, 0.3) is 0 Å². The molecule has 3 heterocycles. The van der Waals surface area contributed by atoms with Gasteiger partial charge in [0, 0.05) is 31.4 Å². The molecular weight excluding hydrogens is 540 g/mol. The predicted molar refractivity (Wildman–Crippen MR) is 125 cm³/mol. The summed E-state index contributed by atoms with van der Waals surface area (Å²) in [6, 6.07) is 6.05. The summed E-state index contributed by atoms with van der Waals surface area (Å²) in [7, 11) is 2.10. The van der Waals surface area contributed by atoms with E-state index >= 15 is 0 Å². The fourth-order valence-corrected chi connectivity index (χ4v) is 3.06. The van der Waals surface area contributed by atoms with Crippen LogP contribution in [0.4, 0.5) is 26.3 Å². The molecule has 218 valence electrons. The molecule has 0 saturated heterocycles. The van der Waals surface area contributed by atoms with E-state index < -0.39 is 24.3 Å². The minimum Gasteiger partial charge on any atom is -0.475 e. The van der Waals surface area contributed by atoms with E-state index in [0.29, 0.717) is 18.3 Å². The zero-order valence-electron chi connectivity index (χ0n) is 21.5. The first-order valence-electron chi connectivity index (χ1n) is 11.4. The molecule has 39 heavy (non-hydrogen) atoms. The largest absolute Gasteiger partial charge is 0.490 e. The van der Waals surface area contributed by atoms with Crippen LogP contribution < -0.4 is 0 Å². The Morgan fingerprint density at radius 1 is 1.03 bits per heavy atom. The molecule has 2 N–H and O–H groups in total. The number of halogens is 6. The highest BCUT2D eigenvalue weighted by molar-refractivity contribution is 5.92. The predicted octanol–water partition coefficient (Wildman–Crippen LogP) is 3.74. The topological polar surface area (TPSA) is 129 Å². The zero-order valence-corrected chi connectivity index (χ0v) is 21.5. The highest BCUT2D eigenvalue weighted by Gasteiger charge is 2.38. The standard InChI is InChI=1S/C19H27N5O.2C2HF3O2/c1-14(2)22(4)11-17-18-12-23(9-6-10-24(18)13-20-17)19(25)16-8-5-7-15(3)21-16;2*3-2(4,5)1(6)7/h5,7-8,13-14H,6,9-12H2,1-4H3;2*(H,6,7). The first kappa shape index (κ1) is 33.3.